The summed E-state index contributed by atoms with van der Waals surface area (Å²) in [5, 5.41) is 0. The highest BCUT2D eigenvalue weighted by Crippen LogP contribution is 2.21. The second-order valence-corrected chi connectivity index (χ2v) is 10.0. The molecule has 33 heavy (non-hydrogen) atoms. The van der Waals surface area contributed by atoms with E-state index in [2.05, 4.69) is 52.0 Å². The van der Waals surface area contributed by atoms with E-state index in [-0.39, 0.29) is 30.4 Å². The molecule has 3 atom stereocenters. The first-order valence-electron chi connectivity index (χ1n) is 12.1. The molecule has 0 spiro atoms. The van der Waals surface area contributed by atoms with Gasteiger partial charge in [0.2, 0.25) is 0 Å². The summed E-state index contributed by atoms with van der Waals surface area (Å²) in [7, 11) is 0. The number of ether oxygens (including phenoxy) is 2. The zero-order valence-electron chi connectivity index (χ0n) is 21.3. The van der Waals surface area contributed by atoms with E-state index < -0.39 is 6.10 Å². The molecule has 180 valence electrons. The lowest BCUT2D eigenvalue weighted by atomic mass is 9.97. The van der Waals surface area contributed by atoms with E-state index in [0.29, 0.717) is 11.8 Å². The third kappa shape index (κ3) is 8.68. The van der Waals surface area contributed by atoms with Crippen LogP contribution in [0.1, 0.15) is 82.6 Å². The van der Waals surface area contributed by atoms with Gasteiger partial charge < -0.3 is 9.47 Å². The fraction of sp³-hybridized carbons (Fsp3) is 0.517. The van der Waals surface area contributed by atoms with Gasteiger partial charge in [-0.3, -0.25) is 9.59 Å². The summed E-state index contributed by atoms with van der Waals surface area (Å²) >= 11 is 0. The first-order valence-corrected chi connectivity index (χ1v) is 12.1. The molecule has 0 amide bonds. The van der Waals surface area contributed by atoms with Crippen molar-refractivity contribution in [2.75, 3.05) is 6.61 Å². The molecule has 0 fully saturated rings. The van der Waals surface area contributed by atoms with Crippen molar-refractivity contribution in [2.45, 2.75) is 79.2 Å². The first-order chi connectivity index (χ1) is 15.6. The van der Waals surface area contributed by atoms with Gasteiger partial charge in [-0.1, -0.05) is 76.2 Å². The van der Waals surface area contributed by atoms with Gasteiger partial charge in [-0.05, 0) is 67.7 Å². The maximum atomic E-state index is 12.6. The van der Waals surface area contributed by atoms with E-state index in [1.165, 1.54) is 11.1 Å². The molecule has 0 aliphatic carbocycles. The van der Waals surface area contributed by atoms with Gasteiger partial charge in [0.05, 0.1) is 11.8 Å². The minimum atomic E-state index is -0.510. The highest BCUT2D eigenvalue weighted by molar-refractivity contribution is 5.78. The van der Waals surface area contributed by atoms with E-state index in [4.69, 9.17) is 9.47 Å². The van der Waals surface area contributed by atoms with Crippen LogP contribution in [0.25, 0.3) is 0 Å². The van der Waals surface area contributed by atoms with Crippen LogP contribution < -0.4 is 0 Å². The summed E-state index contributed by atoms with van der Waals surface area (Å²) in [5.74, 6) is -0.195. The normalized spacial score (nSPS) is 14.1. The Bertz CT molecular complexity index is 881. The molecule has 4 heteroatoms. The third-order valence-electron chi connectivity index (χ3n) is 5.73. The molecule has 0 aromatic heterocycles. The molecule has 4 nitrogen and oxygen atoms in total. The van der Waals surface area contributed by atoms with Crippen molar-refractivity contribution in [3.05, 3.63) is 70.8 Å². The van der Waals surface area contributed by atoms with Gasteiger partial charge >= 0.3 is 11.9 Å². The summed E-state index contributed by atoms with van der Waals surface area (Å²) < 4.78 is 11.0. The largest absolute Gasteiger partial charge is 0.461 e. The van der Waals surface area contributed by atoms with Crippen molar-refractivity contribution >= 4 is 11.9 Å². The van der Waals surface area contributed by atoms with Gasteiger partial charge in [0, 0.05) is 0 Å². The summed E-state index contributed by atoms with van der Waals surface area (Å²) in [6, 6.07) is 16.2. The molecule has 2 rings (SSSR count). The van der Waals surface area contributed by atoms with E-state index in [1.54, 1.807) is 6.92 Å². The lowest BCUT2D eigenvalue weighted by Gasteiger charge is -2.19. The quantitative estimate of drug-likeness (QED) is 0.367. The first kappa shape index (κ1) is 26.6. The van der Waals surface area contributed by atoms with Gasteiger partial charge in [-0.2, -0.15) is 0 Å². The molecule has 0 saturated heterocycles. The van der Waals surface area contributed by atoms with E-state index >= 15 is 0 Å². The van der Waals surface area contributed by atoms with E-state index in [0.717, 1.165) is 24.0 Å². The number of rotatable bonds is 11. The Morgan fingerprint density at radius 2 is 1.03 bits per heavy atom. The fourth-order valence-electron chi connectivity index (χ4n) is 3.76. The number of esters is 2. The second-order valence-electron chi connectivity index (χ2n) is 10.0. The maximum Gasteiger partial charge on any atom is 0.313 e. The molecule has 0 aliphatic rings. The van der Waals surface area contributed by atoms with E-state index in [1.807, 2.05) is 38.1 Å². The molecule has 0 N–H and O–H groups in total. The lowest BCUT2D eigenvalue weighted by molar-refractivity contribution is -0.159. The summed E-state index contributed by atoms with van der Waals surface area (Å²) in [6.45, 7) is 14.2. The molecule has 0 heterocycles. The highest BCUT2D eigenvalue weighted by Gasteiger charge is 2.22. The monoisotopic (exact) mass is 452 g/mol. The smallest absolute Gasteiger partial charge is 0.313 e. The number of hydrogen-bond donors (Lipinski definition) is 0. The molecule has 0 bridgehead atoms. The van der Waals surface area contributed by atoms with Crippen LogP contribution in [0.15, 0.2) is 48.5 Å². The summed E-state index contributed by atoms with van der Waals surface area (Å²) in [4.78, 5) is 25.1. The van der Waals surface area contributed by atoms with Crippen molar-refractivity contribution < 1.29 is 19.1 Å². The second kappa shape index (κ2) is 12.6. The Balaban J connectivity index is 1.82. The average Bonchev–Trinajstić information content (AvgIpc) is 2.76. The van der Waals surface area contributed by atoms with Gasteiger partial charge in [0.1, 0.15) is 12.7 Å². The van der Waals surface area contributed by atoms with Gasteiger partial charge in [-0.25, -0.2) is 0 Å². The van der Waals surface area contributed by atoms with Crippen molar-refractivity contribution in [1.29, 1.82) is 0 Å². The minimum absolute atomic E-state index is 0.0421. The molecule has 2 aromatic rings. The van der Waals surface area contributed by atoms with Crippen LogP contribution >= 0.6 is 0 Å². The van der Waals surface area contributed by atoms with Gasteiger partial charge in [-0.15, -0.1) is 0 Å². The number of benzene rings is 2. The molecule has 3 unspecified atom stereocenters. The standard InChI is InChI=1S/C29H40O4/c1-19(2)16-24-8-12-26(13-9-24)22(6)28(30)32-18-21(5)33-29(31)23(7)27-14-10-25(11-15-27)17-20(3)4/h8-15,19-23H,16-18H2,1-7H3. The summed E-state index contributed by atoms with van der Waals surface area (Å²) in [5.41, 5.74) is 4.37. The average molecular weight is 453 g/mol. The van der Waals surface area contributed by atoms with Crippen LogP contribution in [-0.4, -0.2) is 24.6 Å². The molecule has 0 aliphatic heterocycles. The van der Waals surface area contributed by atoms with Crippen LogP contribution in [0.5, 0.6) is 0 Å². The Labute approximate surface area is 199 Å². The lowest BCUT2D eigenvalue weighted by Crippen LogP contribution is -2.26. The Morgan fingerprint density at radius 1 is 0.636 bits per heavy atom. The number of carbonyl (C=O) groups is 2. The zero-order valence-corrected chi connectivity index (χ0v) is 21.3. The van der Waals surface area contributed by atoms with E-state index in [9.17, 15) is 9.59 Å². The predicted octanol–water partition coefficient (Wildman–Crippen LogP) is 6.47. The SMILES string of the molecule is CC(C)Cc1ccc(C(C)C(=O)OCC(C)OC(=O)C(C)c2ccc(CC(C)C)cc2)cc1. The Kier molecular flexibility index (Phi) is 10.1. The molecular formula is C29H40O4. The summed E-state index contributed by atoms with van der Waals surface area (Å²) in [6.07, 6.45) is 1.52. The van der Waals surface area contributed by atoms with Gasteiger partial charge in [0.25, 0.3) is 0 Å². The zero-order chi connectivity index (χ0) is 24.5. The van der Waals surface area contributed by atoms with Crippen molar-refractivity contribution in [3.63, 3.8) is 0 Å². The predicted molar refractivity (Wildman–Crippen MR) is 133 cm³/mol. The number of hydrogen-bond acceptors (Lipinski definition) is 4. The molecule has 2 aromatic carbocycles. The third-order valence-corrected chi connectivity index (χ3v) is 5.73. The van der Waals surface area contributed by atoms with Crippen molar-refractivity contribution in [3.8, 4) is 0 Å². The molecular weight excluding hydrogens is 412 g/mol. The van der Waals surface area contributed by atoms with Crippen LogP contribution in [-0.2, 0) is 31.9 Å². The Hall–Kier alpha value is -2.62. The van der Waals surface area contributed by atoms with Crippen LogP contribution in [0.4, 0.5) is 0 Å². The molecule has 0 saturated carbocycles. The van der Waals surface area contributed by atoms with Crippen LogP contribution in [0.2, 0.25) is 0 Å². The Morgan fingerprint density at radius 3 is 1.42 bits per heavy atom. The van der Waals surface area contributed by atoms with Crippen LogP contribution in [0, 0.1) is 11.8 Å². The minimum Gasteiger partial charge on any atom is -0.461 e. The van der Waals surface area contributed by atoms with Gasteiger partial charge in [0.15, 0.2) is 0 Å². The van der Waals surface area contributed by atoms with Crippen LogP contribution in [0.3, 0.4) is 0 Å². The maximum absolute atomic E-state index is 12.6. The highest BCUT2D eigenvalue weighted by atomic mass is 16.6. The van der Waals surface area contributed by atoms with Crippen molar-refractivity contribution in [2.24, 2.45) is 11.8 Å². The molecule has 0 radical (unpaired) electrons. The topological polar surface area (TPSA) is 52.6 Å². The number of carbonyl (C=O) groups excluding carboxylic acids is 2. The van der Waals surface area contributed by atoms with Crippen molar-refractivity contribution in [1.82, 2.24) is 0 Å². The fourth-order valence-corrected chi connectivity index (χ4v) is 3.76.